The SMILES string of the molecule is NC(CNC(=O)C(F)F)c1ccccc1. The monoisotopic (exact) mass is 214 g/mol. The smallest absolute Gasteiger partial charge is 0.315 e. The predicted molar refractivity (Wildman–Crippen MR) is 52.4 cm³/mol. The molecule has 0 heterocycles. The highest BCUT2D eigenvalue weighted by Gasteiger charge is 2.15. The molecule has 0 saturated carbocycles. The van der Waals surface area contributed by atoms with Gasteiger partial charge in [-0.15, -0.1) is 0 Å². The van der Waals surface area contributed by atoms with Crippen molar-refractivity contribution < 1.29 is 13.6 Å². The second kappa shape index (κ2) is 5.41. The summed E-state index contributed by atoms with van der Waals surface area (Å²) in [5.74, 6) is -1.29. The highest BCUT2D eigenvalue weighted by Crippen LogP contribution is 2.07. The summed E-state index contributed by atoms with van der Waals surface area (Å²) >= 11 is 0. The summed E-state index contributed by atoms with van der Waals surface area (Å²) in [5, 5.41) is 2.07. The van der Waals surface area contributed by atoms with Crippen LogP contribution in [0.3, 0.4) is 0 Å². The van der Waals surface area contributed by atoms with E-state index in [0.717, 1.165) is 5.56 Å². The van der Waals surface area contributed by atoms with Crippen molar-refractivity contribution in [1.29, 1.82) is 0 Å². The van der Waals surface area contributed by atoms with Crippen LogP contribution in [0.4, 0.5) is 8.78 Å². The molecule has 15 heavy (non-hydrogen) atoms. The minimum absolute atomic E-state index is 0.00713. The van der Waals surface area contributed by atoms with Crippen molar-refractivity contribution in [3.8, 4) is 0 Å². The molecule has 1 unspecified atom stereocenters. The quantitative estimate of drug-likeness (QED) is 0.787. The molecule has 0 fully saturated rings. The lowest BCUT2D eigenvalue weighted by atomic mass is 10.1. The van der Waals surface area contributed by atoms with Crippen LogP contribution in [0.1, 0.15) is 11.6 Å². The van der Waals surface area contributed by atoms with Crippen LogP contribution in [-0.4, -0.2) is 18.9 Å². The number of nitrogens with two attached hydrogens (primary N) is 1. The number of hydrogen-bond donors (Lipinski definition) is 2. The number of carbonyl (C=O) groups is 1. The average Bonchev–Trinajstić information content (AvgIpc) is 2.26. The van der Waals surface area contributed by atoms with Crippen LogP contribution in [0.25, 0.3) is 0 Å². The van der Waals surface area contributed by atoms with Gasteiger partial charge in [0.15, 0.2) is 0 Å². The van der Waals surface area contributed by atoms with Crippen molar-refractivity contribution in [3.05, 3.63) is 35.9 Å². The molecule has 3 N–H and O–H groups in total. The Bertz CT molecular complexity index is 316. The molecule has 0 saturated heterocycles. The van der Waals surface area contributed by atoms with Crippen molar-refractivity contribution in [2.24, 2.45) is 5.73 Å². The van der Waals surface area contributed by atoms with E-state index < -0.39 is 18.4 Å². The van der Waals surface area contributed by atoms with Gasteiger partial charge in [0.1, 0.15) is 0 Å². The van der Waals surface area contributed by atoms with Crippen molar-refractivity contribution in [1.82, 2.24) is 5.32 Å². The molecule has 0 aliphatic rings. The van der Waals surface area contributed by atoms with E-state index in [-0.39, 0.29) is 6.54 Å². The summed E-state index contributed by atoms with van der Waals surface area (Å²) in [5.41, 5.74) is 6.48. The van der Waals surface area contributed by atoms with Gasteiger partial charge in [-0.05, 0) is 5.56 Å². The van der Waals surface area contributed by atoms with Gasteiger partial charge in [-0.2, -0.15) is 8.78 Å². The van der Waals surface area contributed by atoms with Gasteiger partial charge in [-0.1, -0.05) is 30.3 Å². The molecule has 1 rings (SSSR count). The summed E-state index contributed by atoms with van der Waals surface area (Å²) in [6.45, 7) is 0.00713. The fourth-order valence-electron chi connectivity index (χ4n) is 1.11. The van der Waals surface area contributed by atoms with Crippen LogP contribution >= 0.6 is 0 Å². The van der Waals surface area contributed by atoms with Crippen LogP contribution in [0.2, 0.25) is 0 Å². The van der Waals surface area contributed by atoms with Crippen LogP contribution in [0, 0.1) is 0 Å². The Morgan fingerprint density at radius 2 is 1.93 bits per heavy atom. The minimum atomic E-state index is -2.99. The molecular formula is C10H12F2N2O. The van der Waals surface area contributed by atoms with Crippen molar-refractivity contribution in [2.45, 2.75) is 12.5 Å². The molecule has 0 aliphatic heterocycles. The molecule has 0 aliphatic carbocycles. The largest absolute Gasteiger partial charge is 0.349 e. The molecule has 0 aromatic heterocycles. The average molecular weight is 214 g/mol. The van der Waals surface area contributed by atoms with Gasteiger partial charge in [0.25, 0.3) is 5.91 Å². The van der Waals surface area contributed by atoms with E-state index in [0.29, 0.717) is 0 Å². The van der Waals surface area contributed by atoms with Gasteiger partial charge in [-0.3, -0.25) is 4.79 Å². The molecule has 1 aromatic carbocycles. The molecule has 3 nitrogen and oxygen atoms in total. The van der Waals surface area contributed by atoms with E-state index in [1.54, 1.807) is 24.3 Å². The molecule has 0 bridgehead atoms. The van der Waals surface area contributed by atoms with Crippen LogP contribution < -0.4 is 11.1 Å². The number of amides is 1. The fraction of sp³-hybridized carbons (Fsp3) is 0.300. The summed E-state index contributed by atoms with van der Waals surface area (Å²) < 4.78 is 23.7. The third-order valence-electron chi connectivity index (χ3n) is 1.92. The number of rotatable bonds is 4. The first-order chi connectivity index (χ1) is 7.11. The second-order valence-corrected chi connectivity index (χ2v) is 3.06. The summed E-state index contributed by atoms with van der Waals surface area (Å²) in [6.07, 6.45) is -2.99. The van der Waals surface area contributed by atoms with Gasteiger partial charge in [0, 0.05) is 12.6 Å². The zero-order valence-electron chi connectivity index (χ0n) is 7.99. The number of hydrogen-bond acceptors (Lipinski definition) is 2. The van der Waals surface area contributed by atoms with Crippen molar-refractivity contribution in [3.63, 3.8) is 0 Å². The Labute approximate surface area is 86.3 Å². The first-order valence-corrected chi connectivity index (χ1v) is 4.47. The lowest BCUT2D eigenvalue weighted by Gasteiger charge is -2.12. The van der Waals surface area contributed by atoms with Gasteiger partial charge in [0.05, 0.1) is 0 Å². The normalized spacial score (nSPS) is 12.5. The zero-order chi connectivity index (χ0) is 11.3. The Morgan fingerprint density at radius 1 is 1.33 bits per heavy atom. The van der Waals surface area contributed by atoms with Crippen LogP contribution in [0.15, 0.2) is 30.3 Å². The maximum atomic E-state index is 11.8. The standard InChI is InChI=1S/C10H12F2N2O/c11-9(12)10(15)14-6-8(13)7-4-2-1-3-5-7/h1-5,8-9H,6,13H2,(H,14,15). The van der Waals surface area contributed by atoms with E-state index >= 15 is 0 Å². The summed E-state index contributed by atoms with van der Waals surface area (Å²) in [4.78, 5) is 10.6. The minimum Gasteiger partial charge on any atom is -0.349 e. The maximum Gasteiger partial charge on any atom is 0.315 e. The summed E-state index contributed by atoms with van der Waals surface area (Å²) in [7, 11) is 0. The molecule has 1 atom stereocenters. The molecule has 1 amide bonds. The number of halogens is 2. The first kappa shape index (κ1) is 11.6. The Hall–Kier alpha value is -1.49. The summed E-state index contributed by atoms with van der Waals surface area (Å²) in [6, 6.07) is 8.51. The number of benzene rings is 1. The molecule has 82 valence electrons. The Kier molecular flexibility index (Phi) is 4.17. The van der Waals surface area contributed by atoms with Crippen molar-refractivity contribution in [2.75, 3.05) is 6.54 Å². The number of alkyl halides is 2. The van der Waals surface area contributed by atoms with E-state index in [1.807, 2.05) is 6.07 Å². The predicted octanol–water partition coefficient (Wildman–Crippen LogP) is 1.07. The maximum absolute atomic E-state index is 11.8. The molecule has 0 radical (unpaired) electrons. The third-order valence-corrected chi connectivity index (χ3v) is 1.92. The van der Waals surface area contributed by atoms with Gasteiger partial charge >= 0.3 is 6.43 Å². The Morgan fingerprint density at radius 3 is 2.47 bits per heavy atom. The highest BCUT2D eigenvalue weighted by atomic mass is 19.3. The van der Waals surface area contributed by atoms with E-state index in [9.17, 15) is 13.6 Å². The first-order valence-electron chi connectivity index (χ1n) is 4.47. The Balaban J connectivity index is 2.44. The van der Waals surface area contributed by atoms with E-state index in [4.69, 9.17) is 5.73 Å². The van der Waals surface area contributed by atoms with Crippen LogP contribution in [-0.2, 0) is 4.79 Å². The van der Waals surface area contributed by atoms with Gasteiger partial charge in [0.2, 0.25) is 0 Å². The van der Waals surface area contributed by atoms with Gasteiger partial charge < -0.3 is 11.1 Å². The van der Waals surface area contributed by atoms with Gasteiger partial charge in [-0.25, -0.2) is 0 Å². The lowest BCUT2D eigenvalue weighted by Crippen LogP contribution is -2.35. The van der Waals surface area contributed by atoms with Crippen LogP contribution in [0.5, 0.6) is 0 Å². The number of carbonyl (C=O) groups excluding carboxylic acids is 1. The van der Waals surface area contributed by atoms with E-state index in [1.165, 1.54) is 0 Å². The fourth-order valence-corrected chi connectivity index (χ4v) is 1.11. The topological polar surface area (TPSA) is 55.1 Å². The highest BCUT2D eigenvalue weighted by molar-refractivity contribution is 5.79. The van der Waals surface area contributed by atoms with E-state index in [2.05, 4.69) is 5.32 Å². The lowest BCUT2D eigenvalue weighted by molar-refractivity contribution is -0.131. The van der Waals surface area contributed by atoms with Crippen molar-refractivity contribution >= 4 is 5.91 Å². The number of nitrogens with one attached hydrogen (secondary N) is 1. The third kappa shape index (κ3) is 3.63. The molecular weight excluding hydrogens is 202 g/mol. The molecule has 1 aromatic rings. The second-order valence-electron chi connectivity index (χ2n) is 3.06. The molecule has 5 heteroatoms. The molecule has 0 spiro atoms. The zero-order valence-corrected chi connectivity index (χ0v) is 7.99.